The standard InChI is InChI=1S/C9H14N2O2/c1-6(4-10)11-9(12)8-3-7(2)13-5-8/h6-8H,3,5H2,1-2H3,(H,11,12). The van der Waals surface area contributed by atoms with Crippen LogP contribution in [-0.2, 0) is 9.53 Å². The third kappa shape index (κ3) is 2.71. The average Bonchev–Trinajstić information content (AvgIpc) is 2.51. The highest BCUT2D eigenvalue weighted by atomic mass is 16.5. The van der Waals surface area contributed by atoms with Gasteiger partial charge in [-0.3, -0.25) is 4.79 Å². The van der Waals surface area contributed by atoms with Gasteiger partial charge in [0.25, 0.3) is 0 Å². The van der Waals surface area contributed by atoms with Crippen molar-refractivity contribution in [2.24, 2.45) is 5.92 Å². The second-order valence-corrected chi connectivity index (χ2v) is 3.44. The molecule has 1 amide bonds. The summed E-state index contributed by atoms with van der Waals surface area (Å²) in [5.74, 6) is -0.149. The molecule has 0 aliphatic carbocycles. The highest BCUT2D eigenvalue weighted by molar-refractivity contribution is 5.79. The van der Waals surface area contributed by atoms with Crippen molar-refractivity contribution in [3.8, 4) is 6.07 Å². The number of amides is 1. The smallest absolute Gasteiger partial charge is 0.226 e. The molecular weight excluding hydrogens is 168 g/mol. The maximum absolute atomic E-state index is 11.4. The van der Waals surface area contributed by atoms with E-state index in [2.05, 4.69) is 5.32 Å². The Morgan fingerprint density at radius 2 is 2.46 bits per heavy atom. The predicted octanol–water partition coefficient (Wildman–Crippen LogP) is 0.440. The summed E-state index contributed by atoms with van der Waals surface area (Å²) < 4.78 is 5.26. The van der Waals surface area contributed by atoms with E-state index in [9.17, 15) is 4.79 Å². The van der Waals surface area contributed by atoms with Crippen molar-refractivity contribution in [2.75, 3.05) is 6.61 Å². The van der Waals surface area contributed by atoms with Crippen LogP contribution in [0, 0.1) is 17.2 Å². The minimum atomic E-state index is -0.414. The molecule has 1 N–H and O–H groups in total. The molecule has 13 heavy (non-hydrogen) atoms. The number of carbonyl (C=O) groups excluding carboxylic acids is 1. The van der Waals surface area contributed by atoms with Crippen LogP contribution in [0.15, 0.2) is 0 Å². The Morgan fingerprint density at radius 3 is 2.92 bits per heavy atom. The molecule has 1 heterocycles. The van der Waals surface area contributed by atoms with E-state index in [1.165, 1.54) is 0 Å². The zero-order valence-electron chi connectivity index (χ0n) is 7.91. The monoisotopic (exact) mass is 182 g/mol. The molecular formula is C9H14N2O2. The molecule has 0 radical (unpaired) electrons. The van der Waals surface area contributed by atoms with E-state index in [1.807, 2.05) is 13.0 Å². The normalized spacial score (nSPS) is 29.3. The molecule has 4 heteroatoms. The van der Waals surface area contributed by atoms with Crippen LogP contribution in [0.5, 0.6) is 0 Å². The van der Waals surface area contributed by atoms with E-state index in [-0.39, 0.29) is 17.9 Å². The number of ether oxygens (including phenoxy) is 1. The zero-order valence-corrected chi connectivity index (χ0v) is 7.91. The van der Waals surface area contributed by atoms with E-state index >= 15 is 0 Å². The molecule has 1 aliphatic rings. The molecule has 0 bridgehead atoms. The summed E-state index contributed by atoms with van der Waals surface area (Å²) in [6, 6.07) is 1.54. The fourth-order valence-electron chi connectivity index (χ4n) is 1.36. The van der Waals surface area contributed by atoms with E-state index in [0.29, 0.717) is 6.61 Å². The van der Waals surface area contributed by atoms with Gasteiger partial charge in [-0.1, -0.05) is 0 Å². The topological polar surface area (TPSA) is 62.1 Å². The minimum Gasteiger partial charge on any atom is -0.378 e. The second-order valence-electron chi connectivity index (χ2n) is 3.44. The first-order valence-corrected chi connectivity index (χ1v) is 4.45. The summed E-state index contributed by atoms with van der Waals surface area (Å²) in [4.78, 5) is 11.4. The van der Waals surface area contributed by atoms with Crippen LogP contribution in [0.25, 0.3) is 0 Å². The molecule has 1 saturated heterocycles. The fourth-order valence-corrected chi connectivity index (χ4v) is 1.36. The highest BCUT2D eigenvalue weighted by Gasteiger charge is 2.28. The second kappa shape index (κ2) is 4.24. The van der Waals surface area contributed by atoms with Gasteiger partial charge < -0.3 is 10.1 Å². The van der Waals surface area contributed by atoms with Crippen molar-refractivity contribution in [3.05, 3.63) is 0 Å². The summed E-state index contributed by atoms with van der Waals surface area (Å²) in [5.41, 5.74) is 0. The first kappa shape index (κ1) is 10.0. The molecule has 0 saturated carbocycles. The molecule has 0 aromatic heterocycles. The van der Waals surface area contributed by atoms with Crippen molar-refractivity contribution in [2.45, 2.75) is 32.4 Å². The summed E-state index contributed by atoms with van der Waals surface area (Å²) in [7, 11) is 0. The molecule has 1 aliphatic heterocycles. The number of nitriles is 1. The molecule has 3 atom stereocenters. The number of rotatable bonds is 2. The fraction of sp³-hybridized carbons (Fsp3) is 0.778. The van der Waals surface area contributed by atoms with Gasteiger partial charge in [-0.25, -0.2) is 0 Å². The van der Waals surface area contributed by atoms with Gasteiger partial charge in [0.05, 0.1) is 24.7 Å². The highest BCUT2D eigenvalue weighted by Crippen LogP contribution is 2.18. The Labute approximate surface area is 77.9 Å². The number of hydrogen-bond donors (Lipinski definition) is 1. The Morgan fingerprint density at radius 1 is 1.77 bits per heavy atom. The SMILES string of the molecule is CC(C#N)NC(=O)C1COC(C)C1. The number of carbonyl (C=O) groups is 1. The van der Waals surface area contributed by atoms with E-state index < -0.39 is 6.04 Å². The Balaban J connectivity index is 2.37. The van der Waals surface area contributed by atoms with Crippen molar-refractivity contribution in [1.29, 1.82) is 5.26 Å². The molecule has 0 aromatic rings. The van der Waals surface area contributed by atoms with Crippen LogP contribution >= 0.6 is 0 Å². The van der Waals surface area contributed by atoms with Gasteiger partial charge >= 0.3 is 0 Å². The molecule has 1 rings (SSSR count). The molecule has 4 nitrogen and oxygen atoms in total. The number of hydrogen-bond acceptors (Lipinski definition) is 3. The van der Waals surface area contributed by atoms with Gasteiger partial charge in [0, 0.05) is 0 Å². The van der Waals surface area contributed by atoms with Crippen LogP contribution in [0.1, 0.15) is 20.3 Å². The predicted molar refractivity (Wildman–Crippen MR) is 46.7 cm³/mol. The lowest BCUT2D eigenvalue weighted by Crippen LogP contribution is -2.36. The van der Waals surface area contributed by atoms with Gasteiger partial charge in [-0.2, -0.15) is 5.26 Å². The summed E-state index contributed by atoms with van der Waals surface area (Å²) in [6.45, 7) is 4.09. The van der Waals surface area contributed by atoms with Gasteiger partial charge in [0.15, 0.2) is 0 Å². The first-order chi connectivity index (χ1) is 6.13. The van der Waals surface area contributed by atoms with Gasteiger partial charge in [0.2, 0.25) is 5.91 Å². The Hall–Kier alpha value is -1.08. The van der Waals surface area contributed by atoms with Crippen molar-refractivity contribution >= 4 is 5.91 Å². The number of nitrogens with zero attached hydrogens (tertiary/aromatic N) is 1. The van der Waals surface area contributed by atoms with Crippen molar-refractivity contribution < 1.29 is 9.53 Å². The largest absolute Gasteiger partial charge is 0.378 e. The van der Waals surface area contributed by atoms with E-state index in [4.69, 9.17) is 10.00 Å². The minimum absolute atomic E-state index is 0.0709. The molecule has 3 unspecified atom stereocenters. The zero-order chi connectivity index (χ0) is 9.84. The van der Waals surface area contributed by atoms with Crippen molar-refractivity contribution in [3.63, 3.8) is 0 Å². The van der Waals surface area contributed by atoms with Crippen LogP contribution < -0.4 is 5.32 Å². The maximum Gasteiger partial charge on any atom is 0.226 e. The Kier molecular flexibility index (Phi) is 3.26. The van der Waals surface area contributed by atoms with Gasteiger partial charge in [0.1, 0.15) is 6.04 Å². The third-order valence-electron chi connectivity index (χ3n) is 2.12. The Bertz CT molecular complexity index is 234. The van der Waals surface area contributed by atoms with Gasteiger partial charge in [-0.15, -0.1) is 0 Å². The first-order valence-electron chi connectivity index (χ1n) is 4.45. The van der Waals surface area contributed by atoms with Crippen LogP contribution in [0.2, 0.25) is 0 Å². The lowest BCUT2D eigenvalue weighted by Gasteiger charge is -2.10. The van der Waals surface area contributed by atoms with Crippen LogP contribution in [0.3, 0.4) is 0 Å². The number of nitrogens with one attached hydrogen (secondary N) is 1. The molecule has 0 aromatic carbocycles. The van der Waals surface area contributed by atoms with Crippen LogP contribution in [0.4, 0.5) is 0 Å². The lowest BCUT2D eigenvalue weighted by molar-refractivity contribution is -0.125. The summed E-state index contributed by atoms with van der Waals surface area (Å²) in [5, 5.41) is 11.1. The van der Waals surface area contributed by atoms with E-state index in [0.717, 1.165) is 6.42 Å². The molecule has 0 spiro atoms. The molecule has 72 valence electrons. The van der Waals surface area contributed by atoms with Crippen molar-refractivity contribution in [1.82, 2.24) is 5.32 Å². The average molecular weight is 182 g/mol. The lowest BCUT2D eigenvalue weighted by atomic mass is 10.1. The summed E-state index contributed by atoms with van der Waals surface area (Å²) in [6.07, 6.45) is 0.914. The quantitative estimate of drug-likeness (QED) is 0.674. The summed E-state index contributed by atoms with van der Waals surface area (Å²) >= 11 is 0. The van der Waals surface area contributed by atoms with Gasteiger partial charge in [-0.05, 0) is 20.3 Å². The third-order valence-corrected chi connectivity index (χ3v) is 2.12. The maximum atomic E-state index is 11.4. The van der Waals surface area contributed by atoms with Crippen LogP contribution in [-0.4, -0.2) is 24.7 Å². The molecule has 1 fully saturated rings. The van der Waals surface area contributed by atoms with E-state index in [1.54, 1.807) is 6.92 Å².